The number of thioether (sulfide) groups is 1. The standard InChI is InChI=1S/C20H30N4OS/c1-4-6-18(21)19-22-23-20(24(19)12-17-7-5-8-25-17)26-13-16-10-14(2)9-15(3)11-16/h9-11,17-18H,4-8,12-13,21H2,1-3H3. The van der Waals surface area contributed by atoms with Gasteiger partial charge in [-0.2, -0.15) is 0 Å². The summed E-state index contributed by atoms with van der Waals surface area (Å²) in [6, 6.07) is 6.62. The Balaban J connectivity index is 1.78. The Morgan fingerprint density at radius 1 is 1.27 bits per heavy atom. The van der Waals surface area contributed by atoms with E-state index in [-0.39, 0.29) is 12.1 Å². The molecule has 1 aromatic carbocycles. The minimum atomic E-state index is -0.0653. The molecule has 0 radical (unpaired) electrons. The number of ether oxygens (including phenoxy) is 1. The Hall–Kier alpha value is -1.37. The van der Waals surface area contributed by atoms with Crippen LogP contribution in [0.3, 0.4) is 0 Å². The number of hydrogen-bond acceptors (Lipinski definition) is 5. The van der Waals surface area contributed by atoms with Gasteiger partial charge < -0.3 is 15.0 Å². The monoisotopic (exact) mass is 374 g/mol. The fourth-order valence-electron chi connectivity index (χ4n) is 3.58. The molecule has 3 rings (SSSR count). The maximum atomic E-state index is 6.37. The average molecular weight is 375 g/mol. The first kappa shape index (κ1) is 19.4. The van der Waals surface area contributed by atoms with Gasteiger partial charge in [-0.3, -0.25) is 0 Å². The van der Waals surface area contributed by atoms with Crippen molar-refractivity contribution in [1.82, 2.24) is 14.8 Å². The van der Waals surface area contributed by atoms with Crippen molar-refractivity contribution in [2.45, 2.75) is 76.1 Å². The van der Waals surface area contributed by atoms with Gasteiger partial charge in [-0.05, 0) is 38.7 Å². The molecule has 0 aliphatic carbocycles. The summed E-state index contributed by atoms with van der Waals surface area (Å²) >= 11 is 1.74. The molecule has 0 spiro atoms. The summed E-state index contributed by atoms with van der Waals surface area (Å²) in [7, 11) is 0. The van der Waals surface area contributed by atoms with Crippen LogP contribution in [0.15, 0.2) is 23.4 Å². The first-order valence-electron chi connectivity index (χ1n) is 9.57. The lowest BCUT2D eigenvalue weighted by molar-refractivity contribution is 0.0938. The van der Waals surface area contributed by atoms with E-state index in [4.69, 9.17) is 10.5 Å². The lowest BCUT2D eigenvalue weighted by Gasteiger charge is -2.17. The second-order valence-electron chi connectivity index (χ2n) is 7.27. The Labute approximate surface area is 160 Å². The van der Waals surface area contributed by atoms with Gasteiger partial charge in [0.05, 0.1) is 18.7 Å². The number of nitrogens with zero attached hydrogens (tertiary/aromatic N) is 3. The van der Waals surface area contributed by atoms with Crippen molar-refractivity contribution in [3.8, 4) is 0 Å². The molecular formula is C20H30N4OS. The third kappa shape index (κ3) is 4.87. The highest BCUT2D eigenvalue weighted by atomic mass is 32.2. The first-order chi connectivity index (χ1) is 12.6. The number of nitrogens with two attached hydrogens (primary N) is 1. The summed E-state index contributed by atoms with van der Waals surface area (Å²) in [5.74, 6) is 1.78. The average Bonchev–Trinajstić information content (AvgIpc) is 3.23. The highest BCUT2D eigenvalue weighted by molar-refractivity contribution is 7.98. The van der Waals surface area contributed by atoms with Gasteiger partial charge in [-0.25, -0.2) is 0 Å². The molecule has 1 aliphatic rings. The number of benzene rings is 1. The van der Waals surface area contributed by atoms with Crippen LogP contribution in [0, 0.1) is 13.8 Å². The quantitative estimate of drug-likeness (QED) is 0.703. The Bertz CT molecular complexity index is 704. The van der Waals surface area contributed by atoms with Gasteiger partial charge in [0.2, 0.25) is 0 Å². The normalized spacial score (nSPS) is 18.4. The van der Waals surface area contributed by atoms with Gasteiger partial charge in [0.25, 0.3) is 0 Å². The number of aromatic nitrogens is 3. The van der Waals surface area contributed by atoms with Crippen molar-refractivity contribution in [2.24, 2.45) is 5.73 Å². The molecule has 1 aliphatic heterocycles. The highest BCUT2D eigenvalue weighted by Crippen LogP contribution is 2.27. The fourth-order valence-corrected chi connectivity index (χ4v) is 4.47. The van der Waals surface area contributed by atoms with E-state index in [1.54, 1.807) is 11.8 Å². The van der Waals surface area contributed by atoms with Crippen LogP contribution >= 0.6 is 11.8 Å². The molecular weight excluding hydrogens is 344 g/mol. The predicted molar refractivity (Wildman–Crippen MR) is 106 cm³/mol. The lowest BCUT2D eigenvalue weighted by Crippen LogP contribution is -2.22. The second kappa shape index (κ2) is 9.02. The molecule has 142 valence electrons. The SMILES string of the molecule is CCCC(N)c1nnc(SCc2cc(C)cc(C)c2)n1CC1CCCO1. The summed E-state index contributed by atoms with van der Waals surface area (Å²) in [6.07, 6.45) is 4.44. The predicted octanol–water partition coefficient (Wildman–Crippen LogP) is 4.17. The van der Waals surface area contributed by atoms with Crippen LogP contribution in [0.4, 0.5) is 0 Å². The Kier molecular flexibility index (Phi) is 6.73. The van der Waals surface area contributed by atoms with E-state index in [1.807, 2.05) is 0 Å². The van der Waals surface area contributed by atoms with E-state index in [9.17, 15) is 0 Å². The fraction of sp³-hybridized carbons (Fsp3) is 0.600. The third-order valence-corrected chi connectivity index (χ3v) is 5.77. The number of aryl methyl sites for hydroxylation is 2. The maximum Gasteiger partial charge on any atom is 0.191 e. The van der Waals surface area contributed by atoms with E-state index in [0.717, 1.165) is 55.6 Å². The first-order valence-corrected chi connectivity index (χ1v) is 10.6. The lowest BCUT2D eigenvalue weighted by atomic mass is 10.1. The maximum absolute atomic E-state index is 6.37. The van der Waals surface area contributed by atoms with E-state index < -0.39 is 0 Å². The number of hydrogen-bond donors (Lipinski definition) is 1. The summed E-state index contributed by atoms with van der Waals surface area (Å²) in [4.78, 5) is 0. The Morgan fingerprint density at radius 2 is 2.04 bits per heavy atom. The second-order valence-corrected chi connectivity index (χ2v) is 8.21. The molecule has 0 amide bonds. The van der Waals surface area contributed by atoms with Crippen molar-refractivity contribution in [3.63, 3.8) is 0 Å². The molecule has 5 nitrogen and oxygen atoms in total. The minimum absolute atomic E-state index is 0.0653. The van der Waals surface area contributed by atoms with Crippen LogP contribution in [0.2, 0.25) is 0 Å². The van der Waals surface area contributed by atoms with Crippen LogP contribution in [-0.4, -0.2) is 27.5 Å². The van der Waals surface area contributed by atoms with E-state index in [1.165, 1.54) is 16.7 Å². The highest BCUT2D eigenvalue weighted by Gasteiger charge is 2.23. The molecule has 2 unspecified atom stereocenters. The van der Waals surface area contributed by atoms with Gasteiger partial charge >= 0.3 is 0 Å². The van der Waals surface area contributed by atoms with Crippen LogP contribution < -0.4 is 5.73 Å². The van der Waals surface area contributed by atoms with Crippen LogP contribution in [0.5, 0.6) is 0 Å². The molecule has 2 atom stereocenters. The molecule has 1 fully saturated rings. The van der Waals surface area contributed by atoms with E-state index in [0.29, 0.717) is 0 Å². The third-order valence-electron chi connectivity index (χ3n) is 4.74. The van der Waals surface area contributed by atoms with Gasteiger partial charge in [0, 0.05) is 12.4 Å². The van der Waals surface area contributed by atoms with Gasteiger partial charge in [0.1, 0.15) is 0 Å². The van der Waals surface area contributed by atoms with Crippen molar-refractivity contribution in [2.75, 3.05) is 6.61 Å². The summed E-state index contributed by atoms with van der Waals surface area (Å²) in [5, 5.41) is 9.84. The van der Waals surface area contributed by atoms with E-state index in [2.05, 4.69) is 53.7 Å². The zero-order valence-electron chi connectivity index (χ0n) is 16.1. The largest absolute Gasteiger partial charge is 0.376 e. The molecule has 6 heteroatoms. The van der Waals surface area contributed by atoms with Gasteiger partial charge in [-0.1, -0.05) is 54.4 Å². The zero-order valence-corrected chi connectivity index (χ0v) is 16.9. The summed E-state index contributed by atoms with van der Waals surface area (Å²) in [5.41, 5.74) is 10.3. The molecule has 2 aromatic rings. The minimum Gasteiger partial charge on any atom is -0.376 e. The zero-order chi connectivity index (χ0) is 18.5. The smallest absolute Gasteiger partial charge is 0.191 e. The molecule has 0 bridgehead atoms. The van der Waals surface area contributed by atoms with Gasteiger partial charge in [0.15, 0.2) is 11.0 Å². The van der Waals surface area contributed by atoms with E-state index >= 15 is 0 Å². The molecule has 2 heterocycles. The van der Waals surface area contributed by atoms with Crippen LogP contribution in [0.1, 0.15) is 61.2 Å². The van der Waals surface area contributed by atoms with Crippen molar-refractivity contribution in [3.05, 3.63) is 40.7 Å². The molecule has 0 saturated carbocycles. The number of rotatable bonds is 8. The van der Waals surface area contributed by atoms with Gasteiger partial charge in [-0.15, -0.1) is 10.2 Å². The topological polar surface area (TPSA) is 66.0 Å². The summed E-state index contributed by atoms with van der Waals surface area (Å²) < 4.78 is 8.04. The van der Waals surface area contributed by atoms with Crippen molar-refractivity contribution in [1.29, 1.82) is 0 Å². The Morgan fingerprint density at radius 3 is 2.69 bits per heavy atom. The molecule has 2 N–H and O–H groups in total. The van der Waals surface area contributed by atoms with Crippen molar-refractivity contribution >= 4 is 11.8 Å². The van der Waals surface area contributed by atoms with Crippen LogP contribution in [-0.2, 0) is 17.0 Å². The van der Waals surface area contributed by atoms with Crippen LogP contribution in [0.25, 0.3) is 0 Å². The van der Waals surface area contributed by atoms with Crippen molar-refractivity contribution < 1.29 is 4.74 Å². The molecule has 26 heavy (non-hydrogen) atoms. The summed E-state index contributed by atoms with van der Waals surface area (Å²) in [6.45, 7) is 8.09. The molecule has 1 aromatic heterocycles. The molecule has 1 saturated heterocycles.